The first kappa shape index (κ1) is 11.7. The van der Waals surface area contributed by atoms with Gasteiger partial charge in [0, 0.05) is 5.92 Å². The highest BCUT2D eigenvalue weighted by atomic mass is 14.4. The molecule has 0 nitrogen and oxygen atoms in total. The second-order valence-corrected chi connectivity index (χ2v) is 5.68. The molecule has 1 fully saturated rings. The van der Waals surface area contributed by atoms with Crippen LogP contribution in [0.1, 0.15) is 19.3 Å². The van der Waals surface area contributed by atoms with E-state index in [1.165, 1.54) is 36.0 Å². The Balaban J connectivity index is 1.93. The van der Waals surface area contributed by atoms with Gasteiger partial charge in [-0.25, -0.2) is 0 Å². The zero-order chi connectivity index (χ0) is 13.4. The number of hydrogen-bond donors (Lipinski definition) is 0. The molecule has 0 saturated heterocycles. The molecule has 0 N–H and O–H groups in total. The lowest BCUT2D eigenvalue weighted by Gasteiger charge is -2.26. The molecule has 1 unspecified atom stereocenters. The predicted octanol–water partition coefficient (Wildman–Crippen LogP) is 5.13. The molecular weight excluding hydrogens is 240 g/mol. The van der Waals surface area contributed by atoms with E-state index in [-0.39, 0.29) is 0 Å². The molecule has 4 aliphatic carbocycles. The van der Waals surface area contributed by atoms with E-state index in [2.05, 4.69) is 66.8 Å². The Hall–Kier alpha value is -2.08. The normalized spacial score (nSPS) is 26.8. The maximum absolute atomic E-state index is 2.32. The molecule has 1 saturated carbocycles. The highest BCUT2D eigenvalue weighted by molar-refractivity contribution is 5.68. The van der Waals surface area contributed by atoms with Crippen LogP contribution in [0.5, 0.6) is 0 Å². The Bertz CT molecular complexity index is 682. The largest absolute Gasteiger partial charge is 0.0623 e. The van der Waals surface area contributed by atoms with Crippen molar-refractivity contribution in [3.63, 3.8) is 0 Å². The first-order valence-electron chi connectivity index (χ1n) is 7.49. The quantitative estimate of drug-likeness (QED) is 0.565. The average molecular weight is 258 g/mol. The van der Waals surface area contributed by atoms with E-state index in [1.54, 1.807) is 11.1 Å². The lowest BCUT2D eigenvalue weighted by Crippen LogP contribution is -2.12. The third-order valence-electron chi connectivity index (χ3n) is 4.55. The third kappa shape index (κ3) is 1.76. The molecule has 0 radical (unpaired) electrons. The van der Waals surface area contributed by atoms with Crippen LogP contribution in [0.4, 0.5) is 0 Å². The van der Waals surface area contributed by atoms with Gasteiger partial charge in [0.15, 0.2) is 0 Å². The van der Waals surface area contributed by atoms with Gasteiger partial charge in [0.2, 0.25) is 0 Å². The molecule has 98 valence electrons. The number of rotatable bonds is 0. The summed E-state index contributed by atoms with van der Waals surface area (Å²) in [6, 6.07) is 0. The molecule has 0 heterocycles. The van der Waals surface area contributed by atoms with Crippen LogP contribution in [0.15, 0.2) is 94.7 Å². The van der Waals surface area contributed by atoms with Gasteiger partial charge in [-0.2, -0.15) is 0 Å². The standard InChI is InChI=1S/C20H18/c1-2-6-12-17-16(11-5-1)18-13-7-3-4-9-15-10-8-14-19(17)20(15)18/h1-7,9,11-13,19H,8,10,14H2. The average Bonchev–Trinajstić information content (AvgIpc) is 2.68. The van der Waals surface area contributed by atoms with Crippen LogP contribution >= 0.6 is 0 Å². The van der Waals surface area contributed by atoms with Crippen LogP contribution in [0.2, 0.25) is 0 Å². The Labute approximate surface area is 120 Å². The molecule has 0 spiro atoms. The smallest absolute Gasteiger partial charge is 0.0104 e. The van der Waals surface area contributed by atoms with Crippen molar-refractivity contribution in [2.75, 3.05) is 0 Å². The molecule has 0 bridgehead atoms. The van der Waals surface area contributed by atoms with Gasteiger partial charge in [-0.05, 0) is 47.1 Å². The molecule has 0 aromatic heterocycles. The van der Waals surface area contributed by atoms with Gasteiger partial charge in [-0.1, -0.05) is 66.8 Å². The summed E-state index contributed by atoms with van der Waals surface area (Å²) in [6.45, 7) is 0. The summed E-state index contributed by atoms with van der Waals surface area (Å²) in [4.78, 5) is 0. The van der Waals surface area contributed by atoms with E-state index in [0.717, 1.165) is 0 Å². The zero-order valence-electron chi connectivity index (χ0n) is 11.5. The molecule has 0 aliphatic heterocycles. The first-order valence-corrected chi connectivity index (χ1v) is 7.49. The van der Waals surface area contributed by atoms with Crippen LogP contribution in [0.3, 0.4) is 0 Å². The molecule has 1 atom stereocenters. The van der Waals surface area contributed by atoms with E-state index < -0.39 is 0 Å². The molecular formula is C20H18. The Kier molecular flexibility index (Phi) is 2.81. The van der Waals surface area contributed by atoms with Crippen molar-refractivity contribution in [3.8, 4) is 0 Å². The molecule has 0 aromatic carbocycles. The topological polar surface area (TPSA) is 0 Å². The van der Waals surface area contributed by atoms with Gasteiger partial charge in [0.1, 0.15) is 0 Å². The van der Waals surface area contributed by atoms with Crippen molar-refractivity contribution < 1.29 is 0 Å². The Morgan fingerprint density at radius 1 is 0.750 bits per heavy atom. The number of fused-ring (bicyclic) bond motifs is 2. The maximum Gasteiger partial charge on any atom is 0.0104 e. The zero-order valence-corrected chi connectivity index (χ0v) is 11.5. The molecule has 0 heteroatoms. The van der Waals surface area contributed by atoms with Gasteiger partial charge in [0.05, 0.1) is 0 Å². The van der Waals surface area contributed by atoms with Crippen LogP contribution in [0.25, 0.3) is 0 Å². The van der Waals surface area contributed by atoms with Crippen LogP contribution in [-0.2, 0) is 0 Å². The van der Waals surface area contributed by atoms with Crippen molar-refractivity contribution in [1.29, 1.82) is 0 Å². The summed E-state index contributed by atoms with van der Waals surface area (Å²) in [6.07, 6.45) is 28.1. The molecule has 4 rings (SSSR count). The summed E-state index contributed by atoms with van der Waals surface area (Å²) in [7, 11) is 0. The molecule has 0 amide bonds. The minimum absolute atomic E-state index is 0.601. The second kappa shape index (κ2) is 4.79. The summed E-state index contributed by atoms with van der Waals surface area (Å²) in [5.74, 6) is 0.601. The lowest BCUT2D eigenvalue weighted by molar-refractivity contribution is 0.573. The number of allylic oxidation sites excluding steroid dienone is 16. The van der Waals surface area contributed by atoms with Crippen molar-refractivity contribution in [2.24, 2.45) is 5.92 Å². The minimum atomic E-state index is 0.601. The van der Waals surface area contributed by atoms with E-state index >= 15 is 0 Å². The van der Waals surface area contributed by atoms with Gasteiger partial charge in [0.25, 0.3) is 0 Å². The molecule has 0 aromatic rings. The van der Waals surface area contributed by atoms with Crippen molar-refractivity contribution in [3.05, 3.63) is 94.7 Å². The fourth-order valence-electron chi connectivity index (χ4n) is 3.73. The predicted molar refractivity (Wildman–Crippen MR) is 85.2 cm³/mol. The van der Waals surface area contributed by atoms with Crippen molar-refractivity contribution >= 4 is 0 Å². The van der Waals surface area contributed by atoms with E-state index in [1.807, 2.05) is 0 Å². The highest BCUT2D eigenvalue weighted by Gasteiger charge is 2.34. The summed E-state index contributed by atoms with van der Waals surface area (Å²) in [5, 5.41) is 0. The fourth-order valence-corrected chi connectivity index (χ4v) is 3.73. The van der Waals surface area contributed by atoms with Crippen molar-refractivity contribution in [1.82, 2.24) is 0 Å². The van der Waals surface area contributed by atoms with Gasteiger partial charge in [-0.15, -0.1) is 0 Å². The van der Waals surface area contributed by atoms with Crippen LogP contribution < -0.4 is 0 Å². The summed E-state index contributed by atoms with van der Waals surface area (Å²) >= 11 is 0. The van der Waals surface area contributed by atoms with Crippen molar-refractivity contribution in [2.45, 2.75) is 19.3 Å². The lowest BCUT2D eigenvalue weighted by atomic mass is 9.78. The fraction of sp³-hybridized carbons (Fsp3) is 0.200. The second-order valence-electron chi connectivity index (χ2n) is 5.68. The van der Waals surface area contributed by atoms with E-state index in [4.69, 9.17) is 0 Å². The first-order chi connectivity index (χ1) is 9.95. The summed E-state index contributed by atoms with van der Waals surface area (Å²) < 4.78 is 0. The van der Waals surface area contributed by atoms with Gasteiger partial charge < -0.3 is 0 Å². The Morgan fingerprint density at radius 2 is 1.50 bits per heavy atom. The molecule has 4 aliphatic rings. The highest BCUT2D eigenvalue weighted by Crippen LogP contribution is 2.49. The van der Waals surface area contributed by atoms with E-state index in [9.17, 15) is 0 Å². The van der Waals surface area contributed by atoms with Crippen LogP contribution in [0, 0.1) is 5.92 Å². The maximum atomic E-state index is 2.32. The van der Waals surface area contributed by atoms with Gasteiger partial charge in [-0.3, -0.25) is 0 Å². The molecule has 20 heavy (non-hydrogen) atoms. The minimum Gasteiger partial charge on any atom is -0.0623 e. The van der Waals surface area contributed by atoms with Gasteiger partial charge >= 0.3 is 0 Å². The SMILES string of the molecule is C1=CC=CC2=C(C=C1)C1=C3C(=CC=CC=C1)CCCC23. The Morgan fingerprint density at radius 3 is 2.40 bits per heavy atom. The third-order valence-corrected chi connectivity index (χ3v) is 4.55. The summed E-state index contributed by atoms with van der Waals surface area (Å²) in [5.41, 5.74) is 7.49. The monoisotopic (exact) mass is 258 g/mol. The number of hydrogen-bond acceptors (Lipinski definition) is 0. The van der Waals surface area contributed by atoms with E-state index in [0.29, 0.717) is 5.92 Å². The van der Waals surface area contributed by atoms with Crippen LogP contribution in [-0.4, -0.2) is 0 Å².